The fourth-order valence-electron chi connectivity index (χ4n) is 2.10. The maximum atomic E-state index is 11.7. The van der Waals surface area contributed by atoms with Crippen molar-refractivity contribution in [1.29, 1.82) is 0 Å². The number of nitrogens with one attached hydrogen (secondary N) is 2. The second-order valence-electron chi connectivity index (χ2n) is 4.83. The van der Waals surface area contributed by atoms with E-state index in [1.165, 1.54) is 0 Å². The Labute approximate surface area is 124 Å². The molecule has 1 amide bonds. The van der Waals surface area contributed by atoms with Crippen LogP contribution in [-0.2, 0) is 11.3 Å². The van der Waals surface area contributed by atoms with E-state index in [-0.39, 0.29) is 11.9 Å². The number of amides is 1. The lowest BCUT2D eigenvalue weighted by Gasteiger charge is -2.13. The van der Waals surface area contributed by atoms with Crippen molar-refractivity contribution in [3.8, 4) is 5.75 Å². The van der Waals surface area contributed by atoms with Crippen LogP contribution in [0.3, 0.4) is 0 Å². The van der Waals surface area contributed by atoms with Gasteiger partial charge in [0, 0.05) is 18.5 Å². The summed E-state index contributed by atoms with van der Waals surface area (Å²) < 4.78 is 5.33. The van der Waals surface area contributed by atoms with Crippen LogP contribution in [0.4, 0.5) is 0 Å². The van der Waals surface area contributed by atoms with Crippen molar-refractivity contribution in [2.75, 3.05) is 13.7 Å². The average molecular weight is 287 g/mol. The molecule has 0 fully saturated rings. The van der Waals surface area contributed by atoms with E-state index < -0.39 is 0 Å². The number of aromatic nitrogens is 1. The first-order chi connectivity index (χ1) is 10.2. The number of fused-ring (bicyclic) bond motifs is 1. The molecule has 0 aliphatic carbocycles. The summed E-state index contributed by atoms with van der Waals surface area (Å²) in [6.45, 7) is 4.91. The molecule has 1 aromatic heterocycles. The van der Waals surface area contributed by atoms with Crippen LogP contribution >= 0.6 is 0 Å². The number of para-hydroxylation sites is 1. The molecular formula is C16H21N3O2. The van der Waals surface area contributed by atoms with Crippen molar-refractivity contribution in [2.45, 2.75) is 26.4 Å². The first kappa shape index (κ1) is 15.3. The number of benzene rings is 1. The number of likely N-dealkylation sites (N-methyl/N-ethyl adjacent to an activating group) is 1. The molecule has 2 N–H and O–H groups in total. The quantitative estimate of drug-likeness (QED) is 0.851. The lowest BCUT2D eigenvalue weighted by Crippen LogP contribution is -2.41. The summed E-state index contributed by atoms with van der Waals surface area (Å²) in [6.07, 6.45) is 0. The van der Waals surface area contributed by atoms with Crippen LogP contribution in [-0.4, -0.2) is 30.6 Å². The van der Waals surface area contributed by atoms with Gasteiger partial charge in [0.05, 0.1) is 18.8 Å². The first-order valence-electron chi connectivity index (χ1n) is 7.09. The van der Waals surface area contributed by atoms with Crippen LogP contribution in [0.25, 0.3) is 10.9 Å². The molecule has 0 saturated heterocycles. The Bertz CT molecular complexity index is 628. The standard InChI is InChI=1S/C16H21N3O2/c1-4-17-16(20)11(2)18-10-13-9-8-12-6-5-7-14(21-3)15(12)19-13/h5-9,11,18H,4,10H2,1-3H3,(H,17,20). The fourth-order valence-corrected chi connectivity index (χ4v) is 2.10. The summed E-state index contributed by atoms with van der Waals surface area (Å²) in [5.41, 5.74) is 1.72. The molecule has 1 aromatic carbocycles. The Hall–Kier alpha value is -2.14. The number of carbonyl (C=O) groups is 1. The second kappa shape index (κ2) is 7.04. The van der Waals surface area contributed by atoms with E-state index in [0.717, 1.165) is 22.3 Å². The van der Waals surface area contributed by atoms with Crippen molar-refractivity contribution in [3.05, 3.63) is 36.0 Å². The number of nitrogens with zero attached hydrogens (tertiary/aromatic N) is 1. The Balaban J connectivity index is 2.11. The highest BCUT2D eigenvalue weighted by molar-refractivity contribution is 5.84. The third-order valence-electron chi connectivity index (χ3n) is 3.29. The molecular weight excluding hydrogens is 266 g/mol. The second-order valence-corrected chi connectivity index (χ2v) is 4.83. The van der Waals surface area contributed by atoms with Gasteiger partial charge >= 0.3 is 0 Å². The molecule has 0 spiro atoms. The van der Waals surface area contributed by atoms with Gasteiger partial charge in [-0.1, -0.05) is 18.2 Å². The van der Waals surface area contributed by atoms with Crippen LogP contribution in [0.2, 0.25) is 0 Å². The number of ether oxygens (including phenoxy) is 1. The van der Waals surface area contributed by atoms with E-state index in [4.69, 9.17) is 4.74 Å². The Morgan fingerprint density at radius 3 is 2.86 bits per heavy atom. The molecule has 0 radical (unpaired) electrons. The van der Waals surface area contributed by atoms with Crippen LogP contribution in [0.5, 0.6) is 5.75 Å². The molecule has 0 bridgehead atoms. The van der Waals surface area contributed by atoms with Gasteiger partial charge in [-0.25, -0.2) is 4.98 Å². The lowest BCUT2D eigenvalue weighted by atomic mass is 10.2. The maximum Gasteiger partial charge on any atom is 0.236 e. The summed E-state index contributed by atoms with van der Waals surface area (Å²) >= 11 is 0. The van der Waals surface area contributed by atoms with Crippen LogP contribution in [0.15, 0.2) is 30.3 Å². The highest BCUT2D eigenvalue weighted by atomic mass is 16.5. The fraction of sp³-hybridized carbons (Fsp3) is 0.375. The number of hydrogen-bond acceptors (Lipinski definition) is 4. The molecule has 5 nitrogen and oxygen atoms in total. The zero-order chi connectivity index (χ0) is 15.2. The highest BCUT2D eigenvalue weighted by Crippen LogP contribution is 2.23. The molecule has 2 aromatic rings. The van der Waals surface area contributed by atoms with Gasteiger partial charge in [0.15, 0.2) is 0 Å². The number of pyridine rings is 1. The third-order valence-corrected chi connectivity index (χ3v) is 3.29. The Kier molecular flexibility index (Phi) is 5.11. The highest BCUT2D eigenvalue weighted by Gasteiger charge is 2.11. The van der Waals surface area contributed by atoms with Crippen molar-refractivity contribution < 1.29 is 9.53 Å². The average Bonchev–Trinajstić information content (AvgIpc) is 2.51. The van der Waals surface area contributed by atoms with Gasteiger partial charge in [-0.3, -0.25) is 4.79 Å². The van der Waals surface area contributed by atoms with Gasteiger partial charge in [-0.2, -0.15) is 0 Å². The minimum Gasteiger partial charge on any atom is -0.494 e. The summed E-state index contributed by atoms with van der Waals surface area (Å²) in [4.78, 5) is 16.3. The molecule has 21 heavy (non-hydrogen) atoms. The largest absolute Gasteiger partial charge is 0.494 e. The monoisotopic (exact) mass is 287 g/mol. The van der Waals surface area contributed by atoms with Gasteiger partial charge in [-0.05, 0) is 26.0 Å². The molecule has 1 heterocycles. The summed E-state index contributed by atoms with van der Waals surface area (Å²) in [7, 11) is 1.64. The van der Waals surface area contributed by atoms with Crippen LogP contribution in [0.1, 0.15) is 19.5 Å². The molecule has 0 aliphatic heterocycles. The Morgan fingerprint density at radius 2 is 2.14 bits per heavy atom. The van der Waals surface area contributed by atoms with E-state index in [1.54, 1.807) is 7.11 Å². The zero-order valence-electron chi connectivity index (χ0n) is 12.6. The van der Waals surface area contributed by atoms with Crippen molar-refractivity contribution in [1.82, 2.24) is 15.6 Å². The molecule has 112 valence electrons. The molecule has 5 heteroatoms. The van der Waals surface area contributed by atoms with Crippen LogP contribution < -0.4 is 15.4 Å². The maximum absolute atomic E-state index is 11.7. The van der Waals surface area contributed by atoms with Crippen molar-refractivity contribution in [2.24, 2.45) is 0 Å². The predicted octanol–water partition coefficient (Wildman–Crippen LogP) is 1.86. The summed E-state index contributed by atoms with van der Waals surface area (Å²) in [6, 6.07) is 9.55. The molecule has 1 unspecified atom stereocenters. The molecule has 1 atom stereocenters. The van der Waals surface area contributed by atoms with Gasteiger partial charge in [0.1, 0.15) is 11.3 Å². The van der Waals surface area contributed by atoms with E-state index in [9.17, 15) is 4.79 Å². The van der Waals surface area contributed by atoms with Crippen molar-refractivity contribution in [3.63, 3.8) is 0 Å². The predicted molar refractivity (Wildman–Crippen MR) is 83.3 cm³/mol. The summed E-state index contributed by atoms with van der Waals surface area (Å²) in [5, 5.41) is 6.99. The minimum absolute atomic E-state index is 0.00382. The molecule has 0 aliphatic rings. The Morgan fingerprint density at radius 1 is 1.33 bits per heavy atom. The third kappa shape index (κ3) is 3.70. The van der Waals surface area contributed by atoms with Gasteiger partial charge in [0.25, 0.3) is 0 Å². The van der Waals surface area contributed by atoms with Crippen molar-refractivity contribution >= 4 is 16.8 Å². The molecule has 2 rings (SSSR count). The minimum atomic E-state index is -0.250. The topological polar surface area (TPSA) is 63.2 Å². The smallest absolute Gasteiger partial charge is 0.236 e. The van der Waals surface area contributed by atoms with E-state index >= 15 is 0 Å². The van der Waals surface area contributed by atoms with E-state index in [2.05, 4.69) is 15.6 Å². The number of methoxy groups -OCH3 is 1. The van der Waals surface area contributed by atoms with Gasteiger partial charge in [0.2, 0.25) is 5.91 Å². The first-order valence-corrected chi connectivity index (χ1v) is 7.09. The number of carbonyl (C=O) groups excluding carboxylic acids is 1. The van der Waals surface area contributed by atoms with E-state index in [0.29, 0.717) is 13.1 Å². The lowest BCUT2D eigenvalue weighted by molar-refractivity contribution is -0.122. The SMILES string of the molecule is CCNC(=O)C(C)NCc1ccc2cccc(OC)c2n1. The molecule has 0 saturated carbocycles. The van der Waals surface area contributed by atoms with E-state index in [1.807, 2.05) is 44.2 Å². The van der Waals surface area contributed by atoms with Crippen LogP contribution in [0, 0.1) is 0 Å². The number of rotatable bonds is 6. The number of hydrogen-bond donors (Lipinski definition) is 2. The van der Waals surface area contributed by atoms with Gasteiger partial charge in [-0.15, -0.1) is 0 Å². The normalized spacial score (nSPS) is 12.1. The zero-order valence-corrected chi connectivity index (χ0v) is 12.6. The summed E-state index contributed by atoms with van der Waals surface area (Å²) in [5.74, 6) is 0.752. The van der Waals surface area contributed by atoms with Gasteiger partial charge < -0.3 is 15.4 Å².